The van der Waals surface area contributed by atoms with Crippen LogP contribution in [0.25, 0.3) is 0 Å². The Morgan fingerprint density at radius 2 is 1.22 bits per heavy atom. The zero-order chi connectivity index (χ0) is 44.1. The first-order chi connectivity index (χ1) is 27.7. The second kappa shape index (κ2) is 22.5. The van der Waals surface area contributed by atoms with Crippen LogP contribution < -0.4 is 5.32 Å². The monoisotopic (exact) mass is 860 g/mol. The van der Waals surface area contributed by atoms with Gasteiger partial charge in [-0.2, -0.15) is 5.26 Å². The number of nitrogens with zero attached hydrogens (tertiary/aromatic N) is 1. The number of carbonyl (C=O) groups excluding carboxylic acids is 8. The van der Waals surface area contributed by atoms with Gasteiger partial charge in [0.05, 0.1) is 24.0 Å². The highest BCUT2D eigenvalue weighted by molar-refractivity contribution is 8.00. The molecule has 3 rings (SSSR count). The summed E-state index contributed by atoms with van der Waals surface area (Å²) < 4.78 is 69.4. The van der Waals surface area contributed by atoms with E-state index in [4.69, 9.17) is 56.8 Å². The molecule has 0 aromatic rings. The van der Waals surface area contributed by atoms with Crippen molar-refractivity contribution in [1.82, 2.24) is 5.32 Å². The summed E-state index contributed by atoms with van der Waals surface area (Å²) >= 11 is 0.918. The van der Waals surface area contributed by atoms with Crippen LogP contribution in [0.2, 0.25) is 0 Å². The molecule has 0 aromatic heterocycles. The van der Waals surface area contributed by atoms with Gasteiger partial charge in [-0.1, -0.05) is 0 Å². The molecule has 1 amide bonds. The summed E-state index contributed by atoms with van der Waals surface area (Å²) in [4.78, 5) is 98.3. The van der Waals surface area contributed by atoms with Crippen molar-refractivity contribution in [2.45, 2.75) is 141 Å². The lowest BCUT2D eigenvalue weighted by Crippen LogP contribution is -2.68. The molecule has 13 atom stereocenters. The molecule has 0 bridgehead atoms. The zero-order valence-electron chi connectivity index (χ0n) is 33.7. The maximum absolute atomic E-state index is 12.8. The van der Waals surface area contributed by atoms with Gasteiger partial charge in [-0.05, 0) is 6.92 Å². The molecule has 1 N–H and O–H groups in total. The minimum Gasteiger partial charge on any atom is -0.463 e. The van der Waals surface area contributed by atoms with Crippen molar-refractivity contribution in [3.8, 4) is 6.07 Å². The Kier molecular flexibility index (Phi) is 18.5. The van der Waals surface area contributed by atoms with Gasteiger partial charge in [-0.15, -0.1) is 11.8 Å². The molecular formula is C36H48N2O20S. The van der Waals surface area contributed by atoms with Crippen LogP contribution in [0.15, 0.2) is 11.8 Å². The number of rotatable bonds is 16. The third-order valence-corrected chi connectivity index (χ3v) is 9.24. The Hall–Kier alpha value is -4.86. The molecule has 3 aliphatic heterocycles. The van der Waals surface area contributed by atoms with E-state index in [1.54, 1.807) is 0 Å². The topological polar surface area (TPSA) is 283 Å². The second-order valence-electron chi connectivity index (χ2n) is 13.2. The largest absolute Gasteiger partial charge is 0.463 e. The Morgan fingerprint density at radius 3 is 1.76 bits per heavy atom. The van der Waals surface area contributed by atoms with Gasteiger partial charge in [0.15, 0.2) is 43.1 Å². The molecule has 59 heavy (non-hydrogen) atoms. The van der Waals surface area contributed by atoms with E-state index in [1.165, 1.54) is 19.9 Å². The second-order valence-corrected chi connectivity index (χ2v) is 14.3. The molecule has 2 fully saturated rings. The summed E-state index contributed by atoms with van der Waals surface area (Å²) in [6, 6.07) is 0.674. The summed E-state index contributed by atoms with van der Waals surface area (Å²) in [5, 5.41) is 12.2. The number of carbonyl (C=O) groups is 8. The molecular weight excluding hydrogens is 812 g/mol. The fraction of sp³-hybridized carbons (Fsp3) is 0.694. The third-order valence-electron chi connectivity index (χ3n) is 8.21. The molecule has 3 heterocycles. The van der Waals surface area contributed by atoms with Crippen LogP contribution in [0.4, 0.5) is 0 Å². The maximum Gasteiger partial charge on any atom is 0.307 e. The van der Waals surface area contributed by atoms with E-state index < -0.39 is 140 Å². The van der Waals surface area contributed by atoms with Crippen molar-refractivity contribution < 1.29 is 95.2 Å². The summed E-state index contributed by atoms with van der Waals surface area (Å²) in [5.74, 6) is -6.68. The Labute approximate surface area is 343 Å². The van der Waals surface area contributed by atoms with E-state index in [0.717, 1.165) is 60.2 Å². The molecule has 0 aliphatic carbocycles. The molecule has 0 spiro atoms. The number of esters is 7. The lowest BCUT2D eigenvalue weighted by atomic mass is 9.95. The van der Waals surface area contributed by atoms with Crippen LogP contribution in [0.1, 0.15) is 62.3 Å². The van der Waals surface area contributed by atoms with Gasteiger partial charge in [0, 0.05) is 61.5 Å². The van der Waals surface area contributed by atoms with Crippen LogP contribution >= 0.6 is 11.8 Å². The van der Waals surface area contributed by atoms with E-state index in [9.17, 15) is 43.6 Å². The van der Waals surface area contributed by atoms with Gasteiger partial charge in [-0.25, -0.2) is 0 Å². The van der Waals surface area contributed by atoms with Gasteiger partial charge in [-0.3, -0.25) is 38.4 Å². The van der Waals surface area contributed by atoms with Gasteiger partial charge in [0.2, 0.25) is 5.91 Å². The number of nitrogens with one attached hydrogen (secondary N) is 1. The molecule has 23 heteroatoms. The minimum absolute atomic E-state index is 0.188. The molecule has 0 aromatic carbocycles. The smallest absolute Gasteiger partial charge is 0.307 e. The molecule has 0 radical (unpaired) electrons. The first-order valence-electron chi connectivity index (χ1n) is 18.1. The molecule has 13 unspecified atom stereocenters. The van der Waals surface area contributed by atoms with Gasteiger partial charge < -0.3 is 62.2 Å². The first kappa shape index (κ1) is 48.5. The average Bonchev–Trinajstić information content (AvgIpc) is 3.10. The predicted octanol–water partition coefficient (Wildman–Crippen LogP) is 0.0129. The van der Waals surface area contributed by atoms with Crippen molar-refractivity contribution in [1.29, 1.82) is 5.26 Å². The molecule has 328 valence electrons. The minimum atomic E-state index is -1.71. The quantitative estimate of drug-likeness (QED) is 0.158. The highest BCUT2D eigenvalue weighted by Crippen LogP contribution is 2.38. The molecule has 0 saturated carbocycles. The first-order valence-corrected chi connectivity index (χ1v) is 19.1. The standard InChI is InChI=1S/C36H48N2O20S/c1-15-29(52-21(7)44)32(53-22(8)45)33(54-23(9)46)35(49-15)58-31-28(38-16(2)39)36(59-11-10-37)56-27(14-48-18(4)41)30(31)57-34-25(51-20(6)43)12-24(50-19(5)42)26(55-34)13-47-17(3)40/h12,15,25-36H,11,13-14H2,1-9H3,(H,38,39). The van der Waals surface area contributed by atoms with E-state index >= 15 is 0 Å². The lowest BCUT2D eigenvalue weighted by molar-refractivity contribution is -0.343. The van der Waals surface area contributed by atoms with Crippen LogP contribution in [0.5, 0.6) is 0 Å². The summed E-state index contributed by atoms with van der Waals surface area (Å²) in [7, 11) is 0. The SMILES string of the molecule is CC(=O)NC1C(SCC#N)OC(COC(C)=O)C(OC2OC(COC(C)=O)C(OC(C)=O)=CC2OC(C)=O)C1OC1OC(C)C(OC(C)=O)C(OC(C)=O)C1OC(C)=O. The van der Waals surface area contributed by atoms with Crippen molar-refractivity contribution in [3.63, 3.8) is 0 Å². The summed E-state index contributed by atoms with van der Waals surface area (Å²) in [5.41, 5.74) is -1.15. The third kappa shape index (κ3) is 14.7. The highest BCUT2D eigenvalue weighted by Gasteiger charge is 2.56. The Balaban J connectivity index is 2.27. The van der Waals surface area contributed by atoms with Crippen LogP contribution in [0, 0.1) is 11.3 Å². The van der Waals surface area contributed by atoms with Crippen molar-refractivity contribution in [2.75, 3.05) is 19.0 Å². The summed E-state index contributed by atoms with van der Waals surface area (Å²) in [6.07, 6.45) is -15.1. The lowest BCUT2D eigenvalue weighted by Gasteiger charge is -2.50. The highest BCUT2D eigenvalue weighted by atomic mass is 32.2. The van der Waals surface area contributed by atoms with Crippen molar-refractivity contribution in [2.24, 2.45) is 0 Å². The fourth-order valence-corrected chi connectivity index (χ4v) is 7.12. The zero-order valence-corrected chi connectivity index (χ0v) is 34.5. The van der Waals surface area contributed by atoms with E-state index in [2.05, 4.69) is 5.32 Å². The van der Waals surface area contributed by atoms with Crippen molar-refractivity contribution in [3.05, 3.63) is 11.8 Å². The van der Waals surface area contributed by atoms with Crippen molar-refractivity contribution >= 4 is 59.5 Å². The fourth-order valence-electron chi connectivity index (χ4n) is 6.23. The van der Waals surface area contributed by atoms with Gasteiger partial charge >= 0.3 is 41.8 Å². The average molecular weight is 861 g/mol. The number of amides is 1. The van der Waals surface area contributed by atoms with E-state index in [-0.39, 0.29) is 11.5 Å². The van der Waals surface area contributed by atoms with Gasteiger partial charge in [0.1, 0.15) is 42.7 Å². The molecule has 3 aliphatic rings. The van der Waals surface area contributed by atoms with E-state index in [0.29, 0.717) is 0 Å². The van der Waals surface area contributed by atoms with Crippen LogP contribution in [-0.2, 0) is 95.2 Å². The molecule has 2 saturated heterocycles. The number of hydrogen-bond donors (Lipinski definition) is 1. The number of nitriles is 1. The van der Waals surface area contributed by atoms with E-state index in [1.807, 2.05) is 6.07 Å². The Morgan fingerprint density at radius 1 is 0.661 bits per heavy atom. The number of thioether (sulfide) groups is 1. The normalized spacial score (nSPS) is 31.5. The Bertz CT molecular complexity index is 1650. The maximum atomic E-state index is 12.8. The summed E-state index contributed by atoms with van der Waals surface area (Å²) in [6.45, 7) is 9.18. The van der Waals surface area contributed by atoms with Crippen LogP contribution in [0.3, 0.4) is 0 Å². The predicted molar refractivity (Wildman–Crippen MR) is 192 cm³/mol. The number of ether oxygens (including phenoxy) is 12. The number of hydrogen-bond acceptors (Lipinski definition) is 22. The van der Waals surface area contributed by atoms with Crippen LogP contribution in [-0.4, -0.2) is 146 Å². The molecule has 22 nitrogen and oxygen atoms in total. The van der Waals surface area contributed by atoms with Gasteiger partial charge in [0.25, 0.3) is 0 Å².